The SMILES string of the molecule is Cc1ccc(C)c([C@@H](C)NC(=O)c2ccc(NC(=O)c3ccccn3)cc2)c1. The van der Waals surface area contributed by atoms with Crippen LogP contribution in [0.5, 0.6) is 0 Å². The molecule has 5 nitrogen and oxygen atoms in total. The number of carbonyl (C=O) groups excluding carboxylic acids is 2. The molecule has 0 radical (unpaired) electrons. The summed E-state index contributed by atoms with van der Waals surface area (Å²) < 4.78 is 0. The molecule has 0 aliphatic heterocycles. The van der Waals surface area contributed by atoms with Crippen LogP contribution in [0.1, 0.15) is 50.5 Å². The lowest BCUT2D eigenvalue weighted by molar-refractivity contribution is 0.0939. The molecule has 1 heterocycles. The Bertz CT molecular complexity index is 982. The molecule has 0 saturated carbocycles. The van der Waals surface area contributed by atoms with Crippen LogP contribution in [0.2, 0.25) is 0 Å². The van der Waals surface area contributed by atoms with Gasteiger partial charge in [0.15, 0.2) is 0 Å². The molecule has 3 rings (SSSR count). The molecule has 0 saturated heterocycles. The second-order valence-corrected chi connectivity index (χ2v) is 6.80. The first kappa shape index (κ1) is 19.3. The fourth-order valence-electron chi connectivity index (χ4n) is 2.98. The van der Waals surface area contributed by atoms with E-state index in [2.05, 4.69) is 33.8 Å². The van der Waals surface area contributed by atoms with E-state index < -0.39 is 0 Å². The Morgan fingerprint density at radius 2 is 1.68 bits per heavy atom. The Hall–Kier alpha value is -3.47. The van der Waals surface area contributed by atoms with Crippen LogP contribution < -0.4 is 10.6 Å². The standard InChI is InChI=1S/C23H23N3O2/c1-15-7-8-16(2)20(14-15)17(3)25-22(27)18-9-11-19(12-10-18)26-23(28)21-6-4-5-13-24-21/h4-14,17H,1-3H3,(H,25,27)(H,26,28)/t17-/m1/s1. The summed E-state index contributed by atoms with van der Waals surface area (Å²) in [4.78, 5) is 28.7. The third-order valence-corrected chi connectivity index (χ3v) is 4.55. The fraction of sp³-hybridized carbons (Fsp3) is 0.174. The van der Waals surface area contributed by atoms with E-state index in [0.717, 1.165) is 16.7 Å². The molecule has 0 fully saturated rings. The molecule has 3 aromatic rings. The molecule has 5 heteroatoms. The summed E-state index contributed by atoms with van der Waals surface area (Å²) in [6.07, 6.45) is 1.57. The number of carbonyl (C=O) groups is 2. The van der Waals surface area contributed by atoms with Gasteiger partial charge >= 0.3 is 0 Å². The summed E-state index contributed by atoms with van der Waals surface area (Å²) in [7, 11) is 0. The van der Waals surface area contributed by atoms with Crippen LogP contribution in [0.15, 0.2) is 66.9 Å². The third-order valence-electron chi connectivity index (χ3n) is 4.55. The van der Waals surface area contributed by atoms with Gasteiger partial charge in [0.25, 0.3) is 11.8 Å². The Morgan fingerprint density at radius 3 is 2.36 bits per heavy atom. The average molecular weight is 373 g/mol. The average Bonchev–Trinajstić information content (AvgIpc) is 2.70. The van der Waals surface area contributed by atoms with Crippen LogP contribution in [-0.2, 0) is 0 Å². The first-order chi connectivity index (χ1) is 13.4. The second-order valence-electron chi connectivity index (χ2n) is 6.80. The van der Waals surface area contributed by atoms with E-state index in [1.807, 2.05) is 20.8 Å². The first-order valence-electron chi connectivity index (χ1n) is 9.14. The molecule has 142 valence electrons. The quantitative estimate of drug-likeness (QED) is 0.694. The Balaban J connectivity index is 1.65. The maximum atomic E-state index is 12.6. The van der Waals surface area contributed by atoms with Crippen molar-refractivity contribution < 1.29 is 9.59 Å². The van der Waals surface area contributed by atoms with Gasteiger partial charge in [-0.3, -0.25) is 14.6 Å². The molecule has 2 N–H and O–H groups in total. The summed E-state index contributed by atoms with van der Waals surface area (Å²) in [6, 6.07) is 18.1. The summed E-state index contributed by atoms with van der Waals surface area (Å²) in [5.41, 5.74) is 4.89. The van der Waals surface area contributed by atoms with Crippen molar-refractivity contribution in [2.45, 2.75) is 26.8 Å². The Kier molecular flexibility index (Phi) is 5.84. The van der Waals surface area contributed by atoms with Crippen molar-refractivity contribution in [2.24, 2.45) is 0 Å². The van der Waals surface area contributed by atoms with Gasteiger partial charge in [-0.1, -0.05) is 29.8 Å². The highest BCUT2D eigenvalue weighted by Crippen LogP contribution is 2.20. The largest absolute Gasteiger partial charge is 0.346 e. The molecule has 1 atom stereocenters. The van der Waals surface area contributed by atoms with Crippen LogP contribution >= 0.6 is 0 Å². The van der Waals surface area contributed by atoms with E-state index in [1.165, 1.54) is 0 Å². The van der Waals surface area contributed by atoms with Gasteiger partial charge in [-0.15, -0.1) is 0 Å². The third kappa shape index (κ3) is 4.62. The van der Waals surface area contributed by atoms with E-state index in [0.29, 0.717) is 16.9 Å². The molecule has 1 aromatic heterocycles. The maximum absolute atomic E-state index is 12.6. The fourth-order valence-corrected chi connectivity index (χ4v) is 2.98. The molecule has 2 aromatic carbocycles. The number of aromatic nitrogens is 1. The van der Waals surface area contributed by atoms with Crippen LogP contribution in [0.3, 0.4) is 0 Å². The zero-order valence-electron chi connectivity index (χ0n) is 16.2. The van der Waals surface area contributed by atoms with Crippen LogP contribution in [0, 0.1) is 13.8 Å². The highest BCUT2D eigenvalue weighted by atomic mass is 16.2. The van der Waals surface area contributed by atoms with Crippen molar-refractivity contribution in [1.82, 2.24) is 10.3 Å². The minimum atomic E-state index is -0.290. The molecular weight excluding hydrogens is 350 g/mol. The predicted octanol–water partition coefficient (Wildman–Crippen LogP) is 4.44. The van der Waals surface area contributed by atoms with Crippen molar-refractivity contribution >= 4 is 17.5 Å². The van der Waals surface area contributed by atoms with Crippen LogP contribution in [0.25, 0.3) is 0 Å². The van der Waals surface area contributed by atoms with Gasteiger partial charge in [0.2, 0.25) is 0 Å². The number of hydrogen-bond acceptors (Lipinski definition) is 3. The molecule has 0 bridgehead atoms. The van der Waals surface area contributed by atoms with Gasteiger partial charge in [0.05, 0.1) is 6.04 Å². The number of aryl methyl sites for hydroxylation is 2. The normalized spacial score (nSPS) is 11.5. The van der Waals surface area contributed by atoms with Crippen molar-refractivity contribution in [2.75, 3.05) is 5.32 Å². The molecule has 0 unspecified atom stereocenters. The van der Waals surface area contributed by atoms with Crippen molar-refractivity contribution in [1.29, 1.82) is 0 Å². The lowest BCUT2D eigenvalue weighted by Crippen LogP contribution is -2.27. The lowest BCUT2D eigenvalue weighted by Gasteiger charge is -2.17. The Labute approximate surface area is 164 Å². The number of benzene rings is 2. The lowest BCUT2D eigenvalue weighted by atomic mass is 9.99. The number of hydrogen-bond donors (Lipinski definition) is 2. The highest BCUT2D eigenvalue weighted by molar-refractivity contribution is 6.03. The van der Waals surface area contributed by atoms with Gasteiger partial charge in [-0.05, 0) is 68.3 Å². The van der Waals surface area contributed by atoms with E-state index >= 15 is 0 Å². The molecule has 28 heavy (non-hydrogen) atoms. The highest BCUT2D eigenvalue weighted by Gasteiger charge is 2.14. The van der Waals surface area contributed by atoms with Crippen molar-refractivity contribution in [3.05, 3.63) is 94.8 Å². The second kappa shape index (κ2) is 8.48. The van der Waals surface area contributed by atoms with Gasteiger partial charge < -0.3 is 10.6 Å². The zero-order valence-corrected chi connectivity index (χ0v) is 16.2. The van der Waals surface area contributed by atoms with Crippen LogP contribution in [0.4, 0.5) is 5.69 Å². The first-order valence-corrected chi connectivity index (χ1v) is 9.14. The van der Waals surface area contributed by atoms with Gasteiger partial charge in [0, 0.05) is 17.4 Å². The Morgan fingerprint density at radius 1 is 0.929 bits per heavy atom. The molecular formula is C23H23N3O2. The molecule has 2 amide bonds. The molecule has 0 spiro atoms. The number of nitrogens with zero attached hydrogens (tertiary/aromatic N) is 1. The van der Waals surface area contributed by atoms with E-state index in [4.69, 9.17) is 0 Å². The minimum Gasteiger partial charge on any atom is -0.346 e. The molecule has 0 aliphatic carbocycles. The van der Waals surface area contributed by atoms with E-state index in [1.54, 1.807) is 48.7 Å². The maximum Gasteiger partial charge on any atom is 0.274 e. The summed E-state index contributed by atoms with van der Waals surface area (Å²) >= 11 is 0. The van der Waals surface area contributed by atoms with E-state index in [-0.39, 0.29) is 17.9 Å². The van der Waals surface area contributed by atoms with Crippen LogP contribution in [-0.4, -0.2) is 16.8 Å². The summed E-state index contributed by atoms with van der Waals surface area (Å²) in [5, 5.41) is 5.80. The van der Waals surface area contributed by atoms with E-state index in [9.17, 15) is 9.59 Å². The van der Waals surface area contributed by atoms with Gasteiger partial charge in [-0.2, -0.15) is 0 Å². The van der Waals surface area contributed by atoms with Gasteiger partial charge in [0.1, 0.15) is 5.69 Å². The van der Waals surface area contributed by atoms with Crippen molar-refractivity contribution in [3.63, 3.8) is 0 Å². The number of nitrogens with one attached hydrogen (secondary N) is 2. The zero-order chi connectivity index (χ0) is 20.1. The smallest absolute Gasteiger partial charge is 0.274 e. The summed E-state index contributed by atoms with van der Waals surface area (Å²) in [5.74, 6) is -0.447. The summed E-state index contributed by atoms with van der Waals surface area (Å²) in [6.45, 7) is 6.05. The van der Waals surface area contributed by atoms with Crippen molar-refractivity contribution in [3.8, 4) is 0 Å². The predicted molar refractivity (Wildman–Crippen MR) is 110 cm³/mol. The number of amides is 2. The minimum absolute atomic E-state index is 0.101. The van der Waals surface area contributed by atoms with Gasteiger partial charge in [-0.25, -0.2) is 0 Å². The molecule has 0 aliphatic rings. The number of rotatable bonds is 5. The number of pyridine rings is 1. The number of anilines is 1. The topological polar surface area (TPSA) is 71.1 Å². The monoisotopic (exact) mass is 373 g/mol.